The summed E-state index contributed by atoms with van der Waals surface area (Å²) in [6, 6.07) is 101. The van der Waals surface area contributed by atoms with Crippen molar-refractivity contribution in [2.45, 2.75) is 26.2 Å². The molecule has 0 unspecified atom stereocenters. The third-order valence-corrected chi connectivity index (χ3v) is 14.5. The van der Waals surface area contributed by atoms with Crippen LogP contribution < -0.4 is 14.7 Å². The van der Waals surface area contributed by atoms with E-state index in [9.17, 15) is 0 Å². The molecule has 12 rings (SSSR count). The molecule has 0 atom stereocenters. The van der Waals surface area contributed by atoms with Gasteiger partial charge in [-0.05, 0) is 159 Å². The second-order valence-electron chi connectivity index (χ2n) is 19.4. The normalized spacial score (nSPS) is 12.2. The number of rotatable bonds is 12. The largest absolute Gasteiger partial charge is 0.310 e. The number of para-hydroxylation sites is 4. The van der Waals surface area contributed by atoms with Gasteiger partial charge in [-0.3, -0.25) is 0 Å². The molecule has 0 radical (unpaired) electrons. The monoisotopic (exact) mass is 937 g/mol. The van der Waals surface area contributed by atoms with Crippen molar-refractivity contribution >= 4 is 51.2 Å². The highest BCUT2D eigenvalue weighted by molar-refractivity contribution is 5.96. The smallest absolute Gasteiger partial charge is 0.0503 e. The maximum absolute atomic E-state index is 2.46. The topological polar surface area (TPSA) is 9.72 Å². The number of hydrogen-bond acceptors (Lipinski definition) is 3. The summed E-state index contributed by atoms with van der Waals surface area (Å²) in [7, 11) is 0. The Morgan fingerprint density at radius 1 is 0.247 bits per heavy atom. The number of aryl methyl sites for hydroxylation is 1. The average molecular weight is 938 g/mol. The van der Waals surface area contributed by atoms with Gasteiger partial charge in [0.25, 0.3) is 0 Å². The van der Waals surface area contributed by atoms with Gasteiger partial charge in [-0.1, -0.05) is 202 Å². The van der Waals surface area contributed by atoms with E-state index in [1.165, 1.54) is 55.6 Å². The Bertz CT molecular complexity index is 3450. The quantitative estimate of drug-likeness (QED) is 0.121. The lowest BCUT2D eigenvalue weighted by Crippen LogP contribution is -2.18. The Hall–Kier alpha value is -9.18. The van der Waals surface area contributed by atoms with Crippen molar-refractivity contribution in [1.82, 2.24) is 0 Å². The van der Waals surface area contributed by atoms with Crippen LogP contribution in [-0.4, -0.2) is 0 Å². The molecular formula is C70H55N3. The van der Waals surface area contributed by atoms with Gasteiger partial charge in [-0.15, -0.1) is 0 Å². The maximum Gasteiger partial charge on any atom is 0.0503 e. The van der Waals surface area contributed by atoms with Crippen LogP contribution in [-0.2, 0) is 5.41 Å². The van der Waals surface area contributed by atoms with Gasteiger partial charge in [0.05, 0.1) is 17.1 Å². The number of fused-ring (bicyclic) bond motifs is 3. The van der Waals surface area contributed by atoms with Crippen LogP contribution in [0.5, 0.6) is 0 Å². The zero-order valence-electron chi connectivity index (χ0n) is 41.4. The molecule has 1 aliphatic rings. The van der Waals surface area contributed by atoms with E-state index < -0.39 is 0 Å². The minimum Gasteiger partial charge on any atom is -0.310 e. The van der Waals surface area contributed by atoms with Crippen molar-refractivity contribution in [3.05, 3.63) is 296 Å². The first kappa shape index (κ1) is 45.0. The third-order valence-electron chi connectivity index (χ3n) is 14.5. The van der Waals surface area contributed by atoms with E-state index in [4.69, 9.17) is 0 Å². The fourth-order valence-corrected chi connectivity index (χ4v) is 11.1. The Morgan fingerprint density at radius 2 is 0.616 bits per heavy atom. The zero-order chi connectivity index (χ0) is 49.3. The Morgan fingerprint density at radius 3 is 1.05 bits per heavy atom. The van der Waals surface area contributed by atoms with E-state index in [2.05, 4.69) is 315 Å². The van der Waals surface area contributed by atoms with Crippen LogP contribution in [0, 0.1) is 6.92 Å². The van der Waals surface area contributed by atoms with Crippen LogP contribution in [0.2, 0.25) is 0 Å². The fraction of sp³-hybridized carbons (Fsp3) is 0.0571. The summed E-state index contributed by atoms with van der Waals surface area (Å²) in [5.74, 6) is 0. The molecule has 1 aliphatic carbocycles. The molecule has 0 heterocycles. The minimum atomic E-state index is -0.209. The number of benzene rings is 11. The SMILES string of the molecule is Cc1cccc2c1-c1ccc(N(c3ccc(-c4c(-c5ccccc5)cccc4-c4ccccc4)cc3)c3cc(N(c4ccccc4)c4ccccc4)cc(N(c4ccccc4)c4ccccc4)c3)cc1C2(C)C. The van der Waals surface area contributed by atoms with Gasteiger partial charge >= 0.3 is 0 Å². The standard InChI is InChI=1S/C70H55N3/c1-50-24-22-39-66-68(50)65-45-44-59(49-67(65)70(66,2)3)73(58-42-40-53(41-43-58)69-63(51-25-10-4-11-26-51)37-23-38-64(69)52-27-12-5-13-28-52)62-47-60(71(54-29-14-6-15-30-54)55-31-16-7-17-32-55)46-61(48-62)72(56-33-18-8-19-34-56)57-35-20-9-21-36-57/h4-49H,1-3H3. The molecule has 350 valence electrons. The van der Waals surface area contributed by atoms with E-state index in [0.29, 0.717) is 0 Å². The molecule has 73 heavy (non-hydrogen) atoms. The average Bonchev–Trinajstić information content (AvgIpc) is 3.68. The van der Waals surface area contributed by atoms with E-state index in [1.54, 1.807) is 0 Å². The van der Waals surface area contributed by atoms with Crippen LogP contribution in [0.15, 0.2) is 279 Å². The zero-order valence-corrected chi connectivity index (χ0v) is 41.4. The molecule has 0 fully saturated rings. The summed E-state index contributed by atoms with van der Waals surface area (Å²) < 4.78 is 0. The first-order chi connectivity index (χ1) is 35.9. The number of nitrogens with zero attached hydrogens (tertiary/aromatic N) is 3. The van der Waals surface area contributed by atoms with Crippen molar-refractivity contribution in [3.63, 3.8) is 0 Å². The molecule has 3 nitrogen and oxygen atoms in total. The molecule has 0 amide bonds. The molecule has 0 aromatic heterocycles. The van der Waals surface area contributed by atoms with Crippen molar-refractivity contribution in [2.24, 2.45) is 0 Å². The van der Waals surface area contributed by atoms with Gasteiger partial charge in [0.15, 0.2) is 0 Å². The minimum absolute atomic E-state index is 0.209. The Balaban J connectivity index is 1.12. The van der Waals surface area contributed by atoms with Crippen LogP contribution >= 0.6 is 0 Å². The van der Waals surface area contributed by atoms with Gasteiger partial charge in [0.1, 0.15) is 0 Å². The van der Waals surface area contributed by atoms with E-state index in [1.807, 2.05) is 0 Å². The predicted molar refractivity (Wildman–Crippen MR) is 309 cm³/mol. The summed E-state index contributed by atoms with van der Waals surface area (Å²) in [6.45, 7) is 7.00. The van der Waals surface area contributed by atoms with E-state index in [0.717, 1.165) is 56.7 Å². The van der Waals surface area contributed by atoms with Crippen molar-refractivity contribution in [1.29, 1.82) is 0 Å². The van der Waals surface area contributed by atoms with E-state index in [-0.39, 0.29) is 5.41 Å². The molecule has 0 N–H and O–H groups in total. The number of anilines is 9. The highest BCUT2D eigenvalue weighted by atomic mass is 15.2. The fourth-order valence-electron chi connectivity index (χ4n) is 11.1. The first-order valence-electron chi connectivity index (χ1n) is 25.3. The molecule has 0 bridgehead atoms. The molecule has 0 spiro atoms. The molecule has 0 aliphatic heterocycles. The van der Waals surface area contributed by atoms with Crippen LogP contribution in [0.1, 0.15) is 30.5 Å². The summed E-state index contributed by atoms with van der Waals surface area (Å²) in [4.78, 5) is 7.21. The van der Waals surface area contributed by atoms with E-state index >= 15 is 0 Å². The summed E-state index contributed by atoms with van der Waals surface area (Å²) in [6.07, 6.45) is 0. The predicted octanol–water partition coefficient (Wildman–Crippen LogP) is 19.7. The van der Waals surface area contributed by atoms with Gasteiger partial charge in [-0.25, -0.2) is 0 Å². The molecular weight excluding hydrogens is 883 g/mol. The van der Waals surface area contributed by atoms with Gasteiger partial charge in [0.2, 0.25) is 0 Å². The Labute approximate surface area is 430 Å². The van der Waals surface area contributed by atoms with Crippen molar-refractivity contribution in [2.75, 3.05) is 14.7 Å². The van der Waals surface area contributed by atoms with Crippen LogP contribution in [0.4, 0.5) is 51.2 Å². The second-order valence-corrected chi connectivity index (χ2v) is 19.4. The summed E-state index contributed by atoms with van der Waals surface area (Å²) in [5, 5.41) is 0. The third kappa shape index (κ3) is 8.45. The molecule has 11 aromatic carbocycles. The van der Waals surface area contributed by atoms with Crippen molar-refractivity contribution < 1.29 is 0 Å². The summed E-state index contributed by atoms with van der Waals surface area (Å²) in [5.41, 5.74) is 23.0. The second kappa shape index (κ2) is 19.2. The molecule has 0 saturated carbocycles. The lowest BCUT2D eigenvalue weighted by atomic mass is 9.82. The Kier molecular flexibility index (Phi) is 11.8. The van der Waals surface area contributed by atoms with Gasteiger partial charge < -0.3 is 14.7 Å². The van der Waals surface area contributed by atoms with Gasteiger partial charge in [0, 0.05) is 39.5 Å². The first-order valence-corrected chi connectivity index (χ1v) is 25.3. The highest BCUT2D eigenvalue weighted by Gasteiger charge is 2.37. The van der Waals surface area contributed by atoms with Crippen LogP contribution in [0.25, 0.3) is 44.5 Å². The summed E-state index contributed by atoms with van der Waals surface area (Å²) >= 11 is 0. The maximum atomic E-state index is 2.46. The molecule has 11 aromatic rings. The molecule has 0 saturated heterocycles. The lowest BCUT2D eigenvalue weighted by Gasteiger charge is -2.33. The van der Waals surface area contributed by atoms with Gasteiger partial charge in [-0.2, -0.15) is 0 Å². The van der Waals surface area contributed by atoms with Crippen LogP contribution in [0.3, 0.4) is 0 Å². The van der Waals surface area contributed by atoms with Crippen molar-refractivity contribution in [3.8, 4) is 44.5 Å². The lowest BCUT2D eigenvalue weighted by molar-refractivity contribution is 0.660. The number of hydrogen-bond donors (Lipinski definition) is 0. The highest BCUT2D eigenvalue weighted by Crippen LogP contribution is 2.53. The molecule has 3 heteroatoms.